The molecule has 0 heterocycles. The van der Waals surface area contributed by atoms with Gasteiger partial charge in [-0.05, 0) is 34.9 Å². The molecule has 72 valence electrons. The summed E-state index contributed by atoms with van der Waals surface area (Å²) in [6.07, 6.45) is 2.35. The first kappa shape index (κ1) is 9.07. The summed E-state index contributed by atoms with van der Waals surface area (Å²) in [5, 5.41) is 2.51. The number of nitrogen functional groups attached to an aromatic ring is 1. The second-order valence-corrected chi connectivity index (χ2v) is 3.69. The van der Waals surface area contributed by atoms with E-state index in [9.17, 15) is 0 Å². The molecule has 0 bridgehead atoms. The summed E-state index contributed by atoms with van der Waals surface area (Å²) in [7, 11) is 0. The van der Waals surface area contributed by atoms with Crippen LogP contribution in [-0.4, -0.2) is 0 Å². The summed E-state index contributed by atoms with van der Waals surface area (Å²) in [4.78, 5) is 0. The standard InChI is InChI=1S/C13H15N/c1-2-3-10-4-5-12-9-13(14)7-6-11(12)8-10/h4-9H,2-3,14H2,1H3. The van der Waals surface area contributed by atoms with E-state index in [0.717, 1.165) is 12.1 Å². The van der Waals surface area contributed by atoms with Crippen molar-refractivity contribution in [3.8, 4) is 0 Å². The van der Waals surface area contributed by atoms with Gasteiger partial charge in [0.15, 0.2) is 0 Å². The zero-order chi connectivity index (χ0) is 9.97. The van der Waals surface area contributed by atoms with Crippen LogP contribution < -0.4 is 5.73 Å². The van der Waals surface area contributed by atoms with Gasteiger partial charge in [-0.25, -0.2) is 0 Å². The fraction of sp³-hybridized carbons (Fsp3) is 0.231. The predicted molar refractivity (Wildman–Crippen MR) is 62.4 cm³/mol. The van der Waals surface area contributed by atoms with E-state index in [4.69, 9.17) is 5.73 Å². The molecule has 2 N–H and O–H groups in total. The fourth-order valence-electron chi connectivity index (χ4n) is 1.76. The zero-order valence-corrected chi connectivity index (χ0v) is 8.46. The molecule has 0 aromatic heterocycles. The first-order valence-corrected chi connectivity index (χ1v) is 5.08. The highest BCUT2D eigenvalue weighted by Gasteiger charge is 1.96. The number of nitrogens with two attached hydrogens (primary N) is 1. The van der Waals surface area contributed by atoms with E-state index in [-0.39, 0.29) is 0 Å². The van der Waals surface area contributed by atoms with E-state index >= 15 is 0 Å². The number of rotatable bonds is 2. The van der Waals surface area contributed by atoms with Gasteiger partial charge in [-0.2, -0.15) is 0 Å². The molecule has 0 fully saturated rings. The van der Waals surface area contributed by atoms with Crippen LogP contribution in [0.1, 0.15) is 18.9 Å². The van der Waals surface area contributed by atoms with Gasteiger partial charge in [-0.1, -0.05) is 37.6 Å². The second kappa shape index (κ2) is 3.70. The highest BCUT2D eigenvalue weighted by Crippen LogP contribution is 2.19. The lowest BCUT2D eigenvalue weighted by Crippen LogP contribution is -1.86. The Morgan fingerprint density at radius 1 is 1.00 bits per heavy atom. The van der Waals surface area contributed by atoms with E-state index in [1.165, 1.54) is 22.8 Å². The van der Waals surface area contributed by atoms with Crippen LogP contribution in [0.15, 0.2) is 36.4 Å². The van der Waals surface area contributed by atoms with Crippen molar-refractivity contribution in [1.82, 2.24) is 0 Å². The van der Waals surface area contributed by atoms with Crippen LogP contribution >= 0.6 is 0 Å². The van der Waals surface area contributed by atoms with Gasteiger partial charge in [0, 0.05) is 5.69 Å². The Morgan fingerprint density at radius 2 is 1.71 bits per heavy atom. The maximum absolute atomic E-state index is 5.72. The molecule has 0 saturated carbocycles. The molecule has 2 rings (SSSR count). The zero-order valence-electron chi connectivity index (χ0n) is 8.46. The normalized spacial score (nSPS) is 10.6. The number of aryl methyl sites for hydroxylation is 1. The SMILES string of the molecule is CCCc1ccc2cc(N)ccc2c1. The van der Waals surface area contributed by atoms with E-state index < -0.39 is 0 Å². The van der Waals surface area contributed by atoms with Crippen LogP contribution in [0.3, 0.4) is 0 Å². The van der Waals surface area contributed by atoms with Crippen LogP contribution in [0.25, 0.3) is 10.8 Å². The molecule has 0 radical (unpaired) electrons. The van der Waals surface area contributed by atoms with E-state index in [1.807, 2.05) is 12.1 Å². The number of hydrogen-bond acceptors (Lipinski definition) is 1. The topological polar surface area (TPSA) is 26.0 Å². The molecule has 0 aliphatic heterocycles. The molecule has 2 aromatic rings. The molecule has 1 heteroatoms. The van der Waals surface area contributed by atoms with Gasteiger partial charge in [-0.3, -0.25) is 0 Å². The van der Waals surface area contributed by atoms with E-state index in [0.29, 0.717) is 0 Å². The monoisotopic (exact) mass is 185 g/mol. The minimum atomic E-state index is 0.834. The molecule has 1 nitrogen and oxygen atoms in total. The molecular weight excluding hydrogens is 170 g/mol. The lowest BCUT2D eigenvalue weighted by molar-refractivity contribution is 0.924. The fourth-order valence-corrected chi connectivity index (χ4v) is 1.76. The van der Waals surface area contributed by atoms with E-state index in [1.54, 1.807) is 0 Å². The summed E-state index contributed by atoms with van der Waals surface area (Å²) in [5.74, 6) is 0. The Labute approximate surface area is 84.5 Å². The molecule has 2 aromatic carbocycles. The van der Waals surface area contributed by atoms with Crippen molar-refractivity contribution in [2.24, 2.45) is 0 Å². The van der Waals surface area contributed by atoms with Crippen molar-refractivity contribution in [1.29, 1.82) is 0 Å². The Kier molecular flexibility index (Phi) is 2.40. The number of fused-ring (bicyclic) bond motifs is 1. The van der Waals surface area contributed by atoms with Crippen LogP contribution in [-0.2, 0) is 6.42 Å². The smallest absolute Gasteiger partial charge is 0.0320 e. The van der Waals surface area contributed by atoms with Crippen LogP contribution in [0, 0.1) is 0 Å². The summed E-state index contributed by atoms with van der Waals surface area (Å²) in [5.41, 5.74) is 7.96. The summed E-state index contributed by atoms with van der Waals surface area (Å²) in [6.45, 7) is 2.20. The Bertz CT molecular complexity index is 446. The minimum absolute atomic E-state index is 0.834. The molecule has 0 atom stereocenters. The van der Waals surface area contributed by atoms with Gasteiger partial charge in [0.25, 0.3) is 0 Å². The molecule has 0 amide bonds. The second-order valence-electron chi connectivity index (χ2n) is 3.69. The van der Waals surface area contributed by atoms with Gasteiger partial charge in [0.1, 0.15) is 0 Å². The highest BCUT2D eigenvalue weighted by atomic mass is 14.5. The number of anilines is 1. The van der Waals surface area contributed by atoms with Crippen molar-refractivity contribution in [2.75, 3.05) is 5.73 Å². The maximum atomic E-state index is 5.72. The molecule has 0 spiro atoms. The van der Waals surface area contributed by atoms with Crippen molar-refractivity contribution < 1.29 is 0 Å². The highest BCUT2D eigenvalue weighted by molar-refractivity contribution is 5.85. The Balaban J connectivity index is 2.50. The summed E-state index contributed by atoms with van der Waals surface area (Å²) < 4.78 is 0. The van der Waals surface area contributed by atoms with Crippen molar-refractivity contribution in [3.05, 3.63) is 42.0 Å². The lowest BCUT2D eigenvalue weighted by atomic mass is 10.0. The maximum Gasteiger partial charge on any atom is 0.0320 e. The lowest BCUT2D eigenvalue weighted by Gasteiger charge is -2.03. The number of benzene rings is 2. The minimum Gasteiger partial charge on any atom is -0.399 e. The largest absolute Gasteiger partial charge is 0.399 e. The molecule has 0 saturated heterocycles. The van der Waals surface area contributed by atoms with Crippen molar-refractivity contribution in [2.45, 2.75) is 19.8 Å². The molecule has 0 unspecified atom stereocenters. The summed E-state index contributed by atoms with van der Waals surface area (Å²) in [6, 6.07) is 12.6. The van der Waals surface area contributed by atoms with Crippen molar-refractivity contribution in [3.63, 3.8) is 0 Å². The predicted octanol–water partition coefficient (Wildman–Crippen LogP) is 3.37. The Hall–Kier alpha value is -1.50. The average molecular weight is 185 g/mol. The molecule has 0 aliphatic rings. The van der Waals surface area contributed by atoms with Gasteiger partial charge < -0.3 is 5.73 Å². The van der Waals surface area contributed by atoms with Crippen LogP contribution in [0.5, 0.6) is 0 Å². The Morgan fingerprint density at radius 3 is 2.50 bits per heavy atom. The quantitative estimate of drug-likeness (QED) is 0.713. The third-order valence-corrected chi connectivity index (χ3v) is 2.47. The molecule has 14 heavy (non-hydrogen) atoms. The van der Waals surface area contributed by atoms with Gasteiger partial charge in [0.2, 0.25) is 0 Å². The molecule has 0 aliphatic carbocycles. The third kappa shape index (κ3) is 1.72. The van der Waals surface area contributed by atoms with Gasteiger partial charge in [0.05, 0.1) is 0 Å². The van der Waals surface area contributed by atoms with E-state index in [2.05, 4.69) is 31.2 Å². The average Bonchev–Trinajstić information content (AvgIpc) is 2.19. The van der Waals surface area contributed by atoms with Crippen LogP contribution in [0.4, 0.5) is 5.69 Å². The van der Waals surface area contributed by atoms with Crippen LogP contribution in [0.2, 0.25) is 0 Å². The third-order valence-electron chi connectivity index (χ3n) is 2.47. The summed E-state index contributed by atoms with van der Waals surface area (Å²) >= 11 is 0. The van der Waals surface area contributed by atoms with Gasteiger partial charge in [-0.15, -0.1) is 0 Å². The van der Waals surface area contributed by atoms with Crippen molar-refractivity contribution >= 4 is 16.5 Å². The van der Waals surface area contributed by atoms with Gasteiger partial charge >= 0.3 is 0 Å². The molecular formula is C13H15N. The number of hydrogen-bond donors (Lipinski definition) is 1. The first-order chi connectivity index (χ1) is 6.79. The first-order valence-electron chi connectivity index (χ1n) is 5.08.